The van der Waals surface area contributed by atoms with Gasteiger partial charge in [0.25, 0.3) is 0 Å². The Balaban J connectivity index is 1.86. The van der Waals surface area contributed by atoms with Gasteiger partial charge in [0.2, 0.25) is 5.28 Å². The van der Waals surface area contributed by atoms with Gasteiger partial charge in [0.15, 0.2) is 5.82 Å². The Kier molecular flexibility index (Phi) is 3.91. The minimum Gasteiger partial charge on any atom is -0.373 e. The standard InChI is InChI=1S/C15H13BrCl2FN3O/c16-10-9(17)6-8-12(11(10)19)20-14(18)21-13(8)22-4-1-2-15(7-22)3-5-23-15/h6H,1-5,7H2. The molecule has 8 heteroatoms. The van der Waals surface area contributed by atoms with E-state index in [1.165, 1.54) is 0 Å². The summed E-state index contributed by atoms with van der Waals surface area (Å²) in [6.07, 6.45) is 3.08. The van der Waals surface area contributed by atoms with Crippen molar-refractivity contribution in [2.45, 2.75) is 24.9 Å². The molecule has 1 unspecified atom stereocenters. The number of halogens is 4. The number of anilines is 1. The smallest absolute Gasteiger partial charge is 0.225 e. The molecule has 2 aromatic rings. The Hall–Kier alpha value is -0.690. The summed E-state index contributed by atoms with van der Waals surface area (Å²) in [5.41, 5.74) is 0.0742. The van der Waals surface area contributed by atoms with Gasteiger partial charge in [-0.1, -0.05) is 11.6 Å². The molecule has 3 heterocycles. The zero-order chi connectivity index (χ0) is 16.2. The maximum absolute atomic E-state index is 14.5. The highest BCUT2D eigenvalue weighted by Crippen LogP contribution is 2.40. The van der Waals surface area contributed by atoms with Crippen LogP contribution in [0.2, 0.25) is 10.3 Å². The van der Waals surface area contributed by atoms with Crippen molar-refractivity contribution in [2.75, 3.05) is 24.6 Å². The first-order valence-electron chi connectivity index (χ1n) is 7.39. The minimum atomic E-state index is -0.523. The van der Waals surface area contributed by atoms with Gasteiger partial charge in [-0.05, 0) is 46.4 Å². The number of hydrogen-bond donors (Lipinski definition) is 0. The zero-order valence-corrected chi connectivity index (χ0v) is 15.2. The maximum Gasteiger partial charge on any atom is 0.225 e. The Labute approximate surface area is 151 Å². The van der Waals surface area contributed by atoms with Gasteiger partial charge in [-0.2, -0.15) is 4.98 Å². The summed E-state index contributed by atoms with van der Waals surface area (Å²) in [6, 6.07) is 1.68. The maximum atomic E-state index is 14.5. The first-order valence-corrected chi connectivity index (χ1v) is 8.94. The third-order valence-corrected chi connectivity index (χ3v) is 6.06. The van der Waals surface area contributed by atoms with E-state index in [2.05, 4.69) is 30.8 Å². The average Bonchev–Trinajstić information content (AvgIpc) is 2.52. The molecule has 23 heavy (non-hydrogen) atoms. The molecule has 1 aromatic heterocycles. The van der Waals surface area contributed by atoms with E-state index < -0.39 is 5.82 Å². The van der Waals surface area contributed by atoms with Crippen LogP contribution in [0.1, 0.15) is 19.3 Å². The molecule has 1 atom stereocenters. The van der Waals surface area contributed by atoms with Crippen LogP contribution in [0.3, 0.4) is 0 Å². The van der Waals surface area contributed by atoms with Crippen LogP contribution in [0.4, 0.5) is 10.2 Å². The van der Waals surface area contributed by atoms with Crippen LogP contribution in [-0.2, 0) is 4.74 Å². The molecular weight excluding hydrogens is 408 g/mol. The van der Waals surface area contributed by atoms with Gasteiger partial charge in [0.05, 0.1) is 21.7 Å². The van der Waals surface area contributed by atoms with Gasteiger partial charge >= 0.3 is 0 Å². The monoisotopic (exact) mass is 419 g/mol. The van der Waals surface area contributed by atoms with Crippen molar-refractivity contribution in [1.29, 1.82) is 0 Å². The van der Waals surface area contributed by atoms with E-state index in [0.717, 1.165) is 39.0 Å². The van der Waals surface area contributed by atoms with Gasteiger partial charge in [-0.3, -0.25) is 0 Å². The molecule has 4 rings (SSSR count). The topological polar surface area (TPSA) is 38.2 Å². The van der Waals surface area contributed by atoms with Gasteiger partial charge < -0.3 is 9.64 Å². The predicted molar refractivity (Wildman–Crippen MR) is 92.0 cm³/mol. The quantitative estimate of drug-likeness (QED) is 0.499. The van der Waals surface area contributed by atoms with Crippen molar-refractivity contribution in [3.63, 3.8) is 0 Å². The third-order valence-electron chi connectivity index (χ3n) is 4.58. The molecule has 0 amide bonds. The van der Waals surface area contributed by atoms with E-state index in [1.807, 2.05) is 0 Å². The normalized spacial score (nSPS) is 24.3. The molecule has 0 radical (unpaired) electrons. The Bertz CT molecular complexity index is 800. The first-order chi connectivity index (χ1) is 11.0. The van der Waals surface area contributed by atoms with Gasteiger partial charge in [0.1, 0.15) is 11.3 Å². The van der Waals surface area contributed by atoms with Crippen LogP contribution in [0.15, 0.2) is 10.5 Å². The second-order valence-electron chi connectivity index (χ2n) is 6.01. The molecule has 1 spiro atoms. The molecule has 2 fully saturated rings. The number of hydrogen-bond acceptors (Lipinski definition) is 4. The number of benzene rings is 1. The Morgan fingerprint density at radius 3 is 2.78 bits per heavy atom. The summed E-state index contributed by atoms with van der Waals surface area (Å²) >= 11 is 15.3. The molecule has 2 aliphatic rings. The number of aromatic nitrogens is 2. The molecule has 2 saturated heterocycles. The lowest BCUT2D eigenvalue weighted by molar-refractivity contribution is -0.151. The second kappa shape index (κ2) is 5.69. The summed E-state index contributed by atoms with van der Waals surface area (Å²) in [5, 5.41) is 0.875. The molecule has 0 aliphatic carbocycles. The zero-order valence-electron chi connectivity index (χ0n) is 12.1. The van der Waals surface area contributed by atoms with Crippen molar-refractivity contribution in [3.05, 3.63) is 26.7 Å². The summed E-state index contributed by atoms with van der Waals surface area (Å²) < 4.78 is 20.5. The summed E-state index contributed by atoms with van der Waals surface area (Å²) in [4.78, 5) is 10.5. The number of ether oxygens (including phenoxy) is 1. The lowest BCUT2D eigenvalue weighted by Crippen LogP contribution is -2.56. The lowest BCUT2D eigenvalue weighted by Gasteiger charge is -2.48. The number of rotatable bonds is 1. The molecule has 0 N–H and O–H groups in total. The fourth-order valence-corrected chi connectivity index (χ4v) is 4.02. The van der Waals surface area contributed by atoms with E-state index in [9.17, 15) is 4.39 Å². The molecular formula is C15H13BrCl2FN3O. The Morgan fingerprint density at radius 1 is 1.30 bits per heavy atom. The summed E-state index contributed by atoms with van der Waals surface area (Å²) in [5.74, 6) is 0.0903. The van der Waals surface area contributed by atoms with E-state index in [4.69, 9.17) is 27.9 Å². The van der Waals surface area contributed by atoms with Crippen LogP contribution >= 0.6 is 39.1 Å². The van der Waals surface area contributed by atoms with E-state index in [1.54, 1.807) is 6.07 Å². The number of nitrogens with zero attached hydrogens (tertiary/aromatic N) is 3. The van der Waals surface area contributed by atoms with E-state index in [-0.39, 0.29) is 25.9 Å². The fraction of sp³-hybridized carbons (Fsp3) is 0.467. The minimum absolute atomic E-state index is 0.0229. The van der Waals surface area contributed by atoms with E-state index >= 15 is 0 Å². The van der Waals surface area contributed by atoms with Crippen LogP contribution in [0, 0.1) is 5.82 Å². The van der Waals surface area contributed by atoms with Crippen molar-refractivity contribution < 1.29 is 9.13 Å². The molecule has 2 aliphatic heterocycles. The number of fused-ring (bicyclic) bond motifs is 1. The van der Waals surface area contributed by atoms with E-state index in [0.29, 0.717) is 11.2 Å². The van der Waals surface area contributed by atoms with Crippen molar-refractivity contribution in [3.8, 4) is 0 Å². The van der Waals surface area contributed by atoms with Gasteiger partial charge in [-0.25, -0.2) is 9.37 Å². The lowest BCUT2D eigenvalue weighted by atomic mass is 9.86. The Morgan fingerprint density at radius 2 is 2.09 bits per heavy atom. The third kappa shape index (κ3) is 2.60. The van der Waals surface area contributed by atoms with Crippen LogP contribution in [-0.4, -0.2) is 35.3 Å². The second-order valence-corrected chi connectivity index (χ2v) is 7.54. The van der Waals surface area contributed by atoms with Crippen LogP contribution < -0.4 is 4.90 Å². The van der Waals surface area contributed by atoms with Crippen LogP contribution in [0.25, 0.3) is 10.9 Å². The average molecular weight is 421 g/mol. The van der Waals surface area contributed by atoms with Crippen molar-refractivity contribution >= 4 is 55.9 Å². The first kappa shape index (κ1) is 15.8. The highest BCUT2D eigenvalue weighted by Gasteiger charge is 2.42. The largest absolute Gasteiger partial charge is 0.373 e. The molecule has 122 valence electrons. The van der Waals surface area contributed by atoms with Crippen molar-refractivity contribution in [2.24, 2.45) is 0 Å². The number of piperidine rings is 1. The fourth-order valence-electron chi connectivity index (χ4n) is 3.36. The van der Waals surface area contributed by atoms with Crippen LogP contribution in [0.5, 0.6) is 0 Å². The molecule has 4 nitrogen and oxygen atoms in total. The van der Waals surface area contributed by atoms with Crippen molar-refractivity contribution in [1.82, 2.24) is 9.97 Å². The van der Waals surface area contributed by atoms with Gasteiger partial charge in [0, 0.05) is 24.9 Å². The molecule has 1 aromatic carbocycles. The SMILES string of the molecule is Fc1c(Br)c(Cl)cc2c(N3CCCC4(CCO4)C3)nc(Cl)nc12. The van der Waals surface area contributed by atoms with Gasteiger partial charge in [-0.15, -0.1) is 0 Å². The summed E-state index contributed by atoms with van der Waals surface area (Å²) in [7, 11) is 0. The highest BCUT2D eigenvalue weighted by molar-refractivity contribution is 9.10. The summed E-state index contributed by atoms with van der Waals surface area (Å²) in [6.45, 7) is 2.35. The highest BCUT2D eigenvalue weighted by atomic mass is 79.9. The molecule has 0 saturated carbocycles. The molecule has 0 bridgehead atoms. The predicted octanol–water partition coefficient (Wildman–Crippen LogP) is 4.60.